The second-order valence-corrected chi connectivity index (χ2v) is 6.83. The molecule has 24 heavy (non-hydrogen) atoms. The van der Waals surface area contributed by atoms with Gasteiger partial charge < -0.3 is 26.2 Å². The zero-order chi connectivity index (χ0) is 18.0. The number of carbonyl (C=O) groups excluding carboxylic acids is 2. The summed E-state index contributed by atoms with van der Waals surface area (Å²) < 4.78 is 0. The van der Waals surface area contributed by atoms with Gasteiger partial charge in [-0.25, -0.2) is 4.79 Å². The lowest BCUT2D eigenvalue weighted by atomic mass is 9.98. The Labute approximate surface area is 142 Å². The Kier molecular flexibility index (Phi) is 5.50. The van der Waals surface area contributed by atoms with Crippen LogP contribution >= 0.6 is 11.8 Å². The third kappa shape index (κ3) is 3.54. The van der Waals surface area contributed by atoms with E-state index in [1.165, 1.54) is 16.7 Å². The molecule has 0 aromatic rings. The molecule has 10 heteroatoms. The molecular weight excluding hydrogens is 338 g/mol. The highest BCUT2D eigenvalue weighted by atomic mass is 32.2. The van der Waals surface area contributed by atoms with Crippen LogP contribution < -0.4 is 11.1 Å². The lowest BCUT2D eigenvalue weighted by molar-refractivity contribution is -0.160. The molecule has 132 valence electrons. The van der Waals surface area contributed by atoms with Crippen molar-refractivity contribution in [3.05, 3.63) is 12.2 Å². The van der Waals surface area contributed by atoms with E-state index in [2.05, 4.69) is 11.9 Å². The fraction of sp³-hybridized carbons (Fsp3) is 0.571. The molecule has 5 N–H and O–H groups in total. The zero-order valence-corrected chi connectivity index (χ0v) is 13.6. The molecule has 2 aliphatic rings. The fourth-order valence-electron chi connectivity index (χ4n) is 2.68. The molecule has 2 heterocycles. The summed E-state index contributed by atoms with van der Waals surface area (Å²) in [6.07, 6.45) is 0.500. The molecule has 9 nitrogen and oxygen atoms in total. The summed E-state index contributed by atoms with van der Waals surface area (Å²) in [5.74, 6) is -2.69. The van der Waals surface area contributed by atoms with Gasteiger partial charge in [0.05, 0.1) is 0 Å². The van der Waals surface area contributed by atoms with Gasteiger partial charge in [0, 0.05) is 12.2 Å². The number of amides is 2. The predicted molar refractivity (Wildman–Crippen MR) is 85.0 cm³/mol. The average Bonchev–Trinajstić information content (AvgIpc) is 2.51. The largest absolute Gasteiger partial charge is 0.480 e. The number of carboxylic acids is 2. The van der Waals surface area contributed by atoms with E-state index in [0.717, 1.165) is 0 Å². The van der Waals surface area contributed by atoms with Gasteiger partial charge in [-0.2, -0.15) is 0 Å². The number of hydrogen-bond donors (Lipinski definition) is 4. The van der Waals surface area contributed by atoms with Gasteiger partial charge in [-0.1, -0.05) is 6.58 Å². The Bertz CT molecular complexity index is 595. The van der Waals surface area contributed by atoms with Crippen LogP contribution in [0.2, 0.25) is 0 Å². The molecule has 4 atom stereocenters. The van der Waals surface area contributed by atoms with Crippen molar-refractivity contribution in [1.82, 2.24) is 10.2 Å². The van der Waals surface area contributed by atoms with Crippen LogP contribution in [0.5, 0.6) is 0 Å². The molecule has 2 amide bonds. The maximum atomic E-state index is 12.2. The van der Waals surface area contributed by atoms with Crippen molar-refractivity contribution < 1.29 is 29.4 Å². The van der Waals surface area contributed by atoms with Crippen molar-refractivity contribution in [2.45, 2.75) is 42.8 Å². The van der Waals surface area contributed by atoms with Gasteiger partial charge in [0.15, 0.2) is 6.04 Å². The maximum absolute atomic E-state index is 12.2. The lowest BCUT2D eigenvalue weighted by Crippen LogP contribution is -2.74. The number of hydrogen-bond acceptors (Lipinski definition) is 6. The van der Waals surface area contributed by atoms with Crippen molar-refractivity contribution in [2.75, 3.05) is 5.75 Å². The maximum Gasteiger partial charge on any atom is 0.330 e. The van der Waals surface area contributed by atoms with Crippen LogP contribution in [-0.2, 0) is 19.2 Å². The van der Waals surface area contributed by atoms with Crippen LogP contribution in [0, 0.1) is 0 Å². The highest BCUT2D eigenvalue weighted by Crippen LogP contribution is 2.39. The van der Waals surface area contributed by atoms with Gasteiger partial charge >= 0.3 is 11.9 Å². The second kappa shape index (κ2) is 7.22. The molecule has 0 aromatic heterocycles. The van der Waals surface area contributed by atoms with Gasteiger partial charge in [-0.15, -0.1) is 11.8 Å². The SMILES string of the molecule is C=C1CS[C@H]2C(NC(=O)CCCC(N)C(=O)O)C(=O)N2C1C(=O)O. The van der Waals surface area contributed by atoms with Crippen molar-refractivity contribution in [3.8, 4) is 0 Å². The van der Waals surface area contributed by atoms with E-state index in [0.29, 0.717) is 11.3 Å². The molecule has 2 rings (SSSR count). The molecule has 2 aliphatic heterocycles. The molecule has 2 saturated heterocycles. The third-order valence-corrected chi connectivity index (χ3v) is 5.35. The summed E-state index contributed by atoms with van der Waals surface area (Å²) in [4.78, 5) is 47.1. The number of nitrogens with two attached hydrogens (primary N) is 1. The highest BCUT2D eigenvalue weighted by Gasteiger charge is 2.56. The van der Waals surface area contributed by atoms with E-state index >= 15 is 0 Å². The standard InChI is InChI=1S/C14H19N3O6S/c1-6-5-24-12-9(11(19)17(12)10(6)14(22)23)16-8(18)4-2-3-7(15)13(20)21/h7,9-10,12H,1-5,15H2,(H,16,18)(H,20,21)(H,22,23)/t7?,9?,10?,12-/m0/s1. The second-order valence-electron chi connectivity index (χ2n) is 5.73. The summed E-state index contributed by atoms with van der Waals surface area (Å²) in [5.41, 5.74) is 5.80. The quantitative estimate of drug-likeness (QED) is 0.334. The van der Waals surface area contributed by atoms with Gasteiger partial charge in [-0.3, -0.25) is 14.4 Å². The van der Waals surface area contributed by atoms with E-state index in [4.69, 9.17) is 10.8 Å². The molecule has 0 aliphatic carbocycles. The summed E-state index contributed by atoms with van der Waals surface area (Å²) in [7, 11) is 0. The molecule has 0 radical (unpaired) electrons. The van der Waals surface area contributed by atoms with E-state index in [1.54, 1.807) is 0 Å². The Morgan fingerprint density at radius 1 is 1.42 bits per heavy atom. The summed E-state index contributed by atoms with van der Waals surface area (Å²) in [6.45, 7) is 3.68. The Morgan fingerprint density at radius 3 is 2.67 bits per heavy atom. The van der Waals surface area contributed by atoms with Crippen LogP contribution in [-0.4, -0.2) is 68.1 Å². The minimum atomic E-state index is -1.13. The Morgan fingerprint density at radius 2 is 2.08 bits per heavy atom. The number of β-lactam (4-membered cyclic amide) rings is 1. The van der Waals surface area contributed by atoms with Crippen LogP contribution in [0.1, 0.15) is 19.3 Å². The molecular formula is C14H19N3O6S. The number of nitrogens with one attached hydrogen (secondary N) is 1. The lowest BCUT2D eigenvalue weighted by Gasteiger charge is -2.52. The monoisotopic (exact) mass is 357 g/mol. The first kappa shape index (κ1) is 18.3. The topological polar surface area (TPSA) is 150 Å². The molecule has 0 saturated carbocycles. The Hall–Kier alpha value is -2.07. The number of aliphatic carboxylic acids is 2. The van der Waals surface area contributed by atoms with Gasteiger partial charge in [0.2, 0.25) is 11.8 Å². The van der Waals surface area contributed by atoms with Gasteiger partial charge in [-0.05, 0) is 18.4 Å². The molecule has 0 bridgehead atoms. The first-order valence-electron chi connectivity index (χ1n) is 7.36. The van der Waals surface area contributed by atoms with Gasteiger partial charge in [0.1, 0.15) is 17.5 Å². The minimum absolute atomic E-state index is 0.0528. The van der Waals surface area contributed by atoms with E-state index in [1.807, 2.05) is 0 Å². The number of thioether (sulfide) groups is 1. The average molecular weight is 357 g/mol. The van der Waals surface area contributed by atoms with Gasteiger partial charge in [0.25, 0.3) is 0 Å². The van der Waals surface area contributed by atoms with Crippen molar-refractivity contribution in [2.24, 2.45) is 5.73 Å². The number of nitrogens with zero attached hydrogens (tertiary/aromatic N) is 1. The van der Waals surface area contributed by atoms with Crippen molar-refractivity contribution >= 4 is 35.5 Å². The molecule has 2 fully saturated rings. The van der Waals surface area contributed by atoms with Crippen molar-refractivity contribution in [1.29, 1.82) is 0 Å². The number of fused-ring (bicyclic) bond motifs is 1. The molecule has 0 spiro atoms. The highest BCUT2D eigenvalue weighted by molar-refractivity contribution is 8.00. The molecule has 0 aromatic carbocycles. The van der Waals surface area contributed by atoms with Crippen molar-refractivity contribution in [3.63, 3.8) is 0 Å². The van der Waals surface area contributed by atoms with E-state index in [9.17, 15) is 24.3 Å². The van der Waals surface area contributed by atoms with E-state index < -0.39 is 41.3 Å². The third-order valence-electron chi connectivity index (χ3n) is 3.97. The summed E-state index contributed by atoms with van der Waals surface area (Å²) in [6, 6.07) is -2.83. The minimum Gasteiger partial charge on any atom is -0.480 e. The first-order valence-corrected chi connectivity index (χ1v) is 8.41. The summed E-state index contributed by atoms with van der Waals surface area (Å²) >= 11 is 1.36. The Balaban J connectivity index is 1.85. The fourth-order valence-corrected chi connectivity index (χ4v) is 3.99. The first-order chi connectivity index (χ1) is 11.2. The number of rotatable bonds is 7. The number of carbonyl (C=O) groups is 4. The molecule has 3 unspecified atom stereocenters. The normalized spacial score (nSPS) is 27.0. The van der Waals surface area contributed by atoms with Crippen LogP contribution in [0.25, 0.3) is 0 Å². The van der Waals surface area contributed by atoms with Crippen LogP contribution in [0.3, 0.4) is 0 Å². The zero-order valence-electron chi connectivity index (χ0n) is 12.8. The number of carboxylic acid groups (broad SMARTS) is 2. The van der Waals surface area contributed by atoms with E-state index in [-0.39, 0.29) is 25.2 Å². The summed E-state index contributed by atoms with van der Waals surface area (Å²) in [5, 5.41) is 20.0. The smallest absolute Gasteiger partial charge is 0.330 e. The predicted octanol–water partition coefficient (Wildman–Crippen LogP) is -1.02. The van der Waals surface area contributed by atoms with Crippen LogP contribution in [0.4, 0.5) is 0 Å². The van der Waals surface area contributed by atoms with Crippen LogP contribution in [0.15, 0.2) is 12.2 Å².